The van der Waals surface area contributed by atoms with E-state index in [0.29, 0.717) is 31.4 Å². The van der Waals surface area contributed by atoms with Gasteiger partial charge in [-0.05, 0) is 79.8 Å². The van der Waals surface area contributed by atoms with Crippen molar-refractivity contribution >= 4 is 27.7 Å². The predicted octanol–water partition coefficient (Wildman–Crippen LogP) is 5.82. The predicted molar refractivity (Wildman–Crippen MR) is 192 cm³/mol. The second-order valence-corrected chi connectivity index (χ2v) is 15.4. The van der Waals surface area contributed by atoms with Gasteiger partial charge in [0.25, 0.3) is 0 Å². The third-order valence-electron chi connectivity index (χ3n) is 9.57. The fraction of sp³-hybridized carbons (Fsp3) is 0.474. The van der Waals surface area contributed by atoms with Gasteiger partial charge in [0.15, 0.2) is 0 Å². The Kier molecular flexibility index (Phi) is 13.6. The highest BCUT2D eigenvalue weighted by molar-refractivity contribution is 7.89. The number of carbonyl (C=O) groups excluding carboxylic acids is 2. The average molecular weight is 693 g/mol. The number of alkyl carbamates (subject to hydrolysis) is 1. The van der Waals surface area contributed by atoms with Crippen molar-refractivity contribution in [2.75, 3.05) is 26.0 Å². The third kappa shape index (κ3) is 10.1. The Morgan fingerprint density at radius 2 is 1.49 bits per heavy atom. The van der Waals surface area contributed by atoms with E-state index in [-0.39, 0.29) is 29.9 Å². The third-order valence-corrected chi connectivity index (χ3v) is 11.5. The average Bonchev–Trinajstić information content (AvgIpc) is 3.56. The van der Waals surface area contributed by atoms with Crippen molar-refractivity contribution in [1.29, 1.82) is 0 Å². The van der Waals surface area contributed by atoms with Crippen LogP contribution in [0.15, 0.2) is 89.8 Å². The normalized spacial score (nSPS) is 15.7. The van der Waals surface area contributed by atoms with Crippen LogP contribution < -0.4 is 16.4 Å². The quantitative estimate of drug-likeness (QED) is 0.130. The molecule has 0 heterocycles. The molecule has 0 radical (unpaired) electrons. The van der Waals surface area contributed by atoms with Gasteiger partial charge in [0.1, 0.15) is 6.04 Å². The molecule has 4 rings (SSSR count). The SMILES string of the molecule is COC(=O)N[C@H](C(=O)NC1(CCC[C@@H](CO)N(CCC(C)C)S(=O)(=O)c2ccc(N)cc2)CCCC1)C(c1ccccc1)c1ccccc1. The Labute approximate surface area is 291 Å². The molecule has 3 aromatic rings. The maximum atomic E-state index is 14.3. The molecule has 2 atom stereocenters. The van der Waals surface area contributed by atoms with E-state index in [9.17, 15) is 23.1 Å². The van der Waals surface area contributed by atoms with Crippen molar-refractivity contribution in [3.8, 4) is 0 Å². The minimum atomic E-state index is -3.90. The lowest BCUT2D eigenvalue weighted by Crippen LogP contribution is -2.56. The summed E-state index contributed by atoms with van der Waals surface area (Å²) >= 11 is 0. The highest BCUT2D eigenvalue weighted by Gasteiger charge is 2.40. The summed E-state index contributed by atoms with van der Waals surface area (Å²) in [6.07, 6.45) is 4.93. The van der Waals surface area contributed by atoms with Gasteiger partial charge in [-0.15, -0.1) is 0 Å². The molecule has 0 spiro atoms. The van der Waals surface area contributed by atoms with E-state index >= 15 is 0 Å². The minimum absolute atomic E-state index is 0.138. The fourth-order valence-electron chi connectivity index (χ4n) is 6.87. The summed E-state index contributed by atoms with van der Waals surface area (Å²) < 4.78 is 34.1. The number of nitrogens with one attached hydrogen (secondary N) is 2. The number of nitrogen functional groups attached to an aromatic ring is 1. The Bertz CT molecular complexity index is 1540. The topological polar surface area (TPSA) is 151 Å². The van der Waals surface area contributed by atoms with Crippen LogP contribution in [-0.2, 0) is 19.6 Å². The van der Waals surface area contributed by atoms with Crippen molar-refractivity contribution in [1.82, 2.24) is 14.9 Å². The molecular formula is C38H52N4O6S. The number of sulfonamides is 1. The van der Waals surface area contributed by atoms with E-state index in [1.165, 1.54) is 23.5 Å². The number of nitrogens with two attached hydrogens (primary N) is 1. The number of amides is 2. The van der Waals surface area contributed by atoms with Gasteiger partial charge in [0, 0.05) is 29.7 Å². The zero-order chi connectivity index (χ0) is 35.4. The van der Waals surface area contributed by atoms with Gasteiger partial charge in [-0.25, -0.2) is 13.2 Å². The number of hydrogen-bond donors (Lipinski definition) is 4. The number of ether oxygens (including phenoxy) is 1. The second-order valence-electron chi connectivity index (χ2n) is 13.5. The minimum Gasteiger partial charge on any atom is -0.453 e. The first-order chi connectivity index (χ1) is 23.5. The summed E-state index contributed by atoms with van der Waals surface area (Å²) in [7, 11) is -2.62. The lowest BCUT2D eigenvalue weighted by atomic mass is 9.83. The van der Waals surface area contributed by atoms with E-state index in [1.807, 2.05) is 74.5 Å². The maximum absolute atomic E-state index is 14.3. The Balaban J connectivity index is 1.56. The Hall–Kier alpha value is -3.93. The van der Waals surface area contributed by atoms with Gasteiger partial charge in [-0.1, -0.05) is 87.4 Å². The summed E-state index contributed by atoms with van der Waals surface area (Å²) in [5, 5.41) is 16.7. The number of benzene rings is 3. The molecule has 266 valence electrons. The van der Waals surface area contributed by atoms with Crippen LogP contribution in [0.2, 0.25) is 0 Å². The smallest absolute Gasteiger partial charge is 0.407 e. The lowest BCUT2D eigenvalue weighted by Gasteiger charge is -2.36. The highest BCUT2D eigenvalue weighted by atomic mass is 32.2. The number of rotatable bonds is 17. The Morgan fingerprint density at radius 1 is 0.918 bits per heavy atom. The lowest BCUT2D eigenvalue weighted by molar-refractivity contribution is -0.125. The molecule has 0 bridgehead atoms. The molecule has 1 aliphatic carbocycles. The zero-order valence-electron chi connectivity index (χ0n) is 28.9. The summed E-state index contributed by atoms with van der Waals surface area (Å²) in [6.45, 7) is 4.03. The van der Waals surface area contributed by atoms with Crippen LogP contribution in [0.1, 0.15) is 82.3 Å². The van der Waals surface area contributed by atoms with Gasteiger partial charge < -0.3 is 26.2 Å². The number of aliphatic hydroxyl groups excluding tert-OH is 1. The zero-order valence-corrected chi connectivity index (χ0v) is 29.7. The molecule has 2 amide bonds. The van der Waals surface area contributed by atoms with Crippen LogP contribution in [0.3, 0.4) is 0 Å². The van der Waals surface area contributed by atoms with E-state index < -0.39 is 39.7 Å². The Morgan fingerprint density at radius 3 is 2.00 bits per heavy atom. The van der Waals surface area contributed by atoms with E-state index in [0.717, 1.165) is 36.8 Å². The van der Waals surface area contributed by atoms with E-state index in [4.69, 9.17) is 10.5 Å². The molecule has 1 aliphatic rings. The number of aliphatic hydroxyl groups is 1. The molecule has 5 N–H and O–H groups in total. The molecular weight excluding hydrogens is 641 g/mol. The number of anilines is 1. The van der Waals surface area contributed by atoms with Crippen molar-refractivity contribution in [2.24, 2.45) is 5.92 Å². The first-order valence-electron chi connectivity index (χ1n) is 17.2. The van der Waals surface area contributed by atoms with Crippen molar-refractivity contribution in [3.05, 3.63) is 96.1 Å². The number of methoxy groups -OCH3 is 1. The van der Waals surface area contributed by atoms with E-state index in [1.54, 1.807) is 12.1 Å². The van der Waals surface area contributed by atoms with Gasteiger partial charge in [0.2, 0.25) is 15.9 Å². The van der Waals surface area contributed by atoms with Crippen LogP contribution >= 0.6 is 0 Å². The molecule has 1 saturated carbocycles. The molecule has 0 aromatic heterocycles. The van der Waals surface area contributed by atoms with Crippen molar-refractivity contribution in [3.63, 3.8) is 0 Å². The molecule has 1 fully saturated rings. The molecule has 0 unspecified atom stereocenters. The van der Waals surface area contributed by atoms with Crippen molar-refractivity contribution < 1.29 is 27.9 Å². The monoisotopic (exact) mass is 692 g/mol. The summed E-state index contributed by atoms with van der Waals surface area (Å²) in [5.74, 6) is -0.525. The van der Waals surface area contributed by atoms with Crippen molar-refractivity contribution in [2.45, 2.75) is 93.7 Å². The first-order valence-corrected chi connectivity index (χ1v) is 18.7. The molecule has 3 aromatic carbocycles. The molecule has 0 saturated heterocycles. The second kappa shape index (κ2) is 17.6. The summed E-state index contributed by atoms with van der Waals surface area (Å²) in [6, 6.07) is 23.8. The largest absolute Gasteiger partial charge is 0.453 e. The molecule has 10 nitrogen and oxygen atoms in total. The van der Waals surface area contributed by atoms with Crippen LogP contribution in [0.5, 0.6) is 0 Å². The van der Waals surface area contributed by atoms with Crippen LogP contribution in [-0.4, -0.2) is 67.7 Å². The molecule has 11 heteroatoms. The number of nitrogens with zero attached hydrogens (tertiary/aromatic N) is 1. The van der Waals surface area contributed by atoms with E-state index in [2.05, 4.69) is 10.6 Å². The molecule has 49 heavy (non-hydrogen) atoms. The maximum Gasteiger partial charge on any atom is 0.407 e. The summed E-state index contributed by atoms with van der Waals surface area (Å²) in [4.78, 5) is 27.1. The highest BCUT2D eigenvalue weighted by Crippen LogP contribution is 2.36. The summed E-state index contributed by atoms with van der Waals surface area (Å²) in [5.41, 5.74) is 7.51. The van der Waals surface area contributed by atoms with Crippen LogP contribution in [0.4, 0.5) is 10.5 Å². The number of hydrogen-bond acceptors (Lipinski definition) is 7. The van der Waals surface area contributed by atoms with Crippen LogP contribution in [0.25, 0.3) is 0 Å². The first kappa shape index (κ1) is 37.9. The standard InChI is InChI=1S/C38H52N4O6S/c1-28(2)22-26-42(49(46,47)33-20-18-31(39)19-21-33)32(27-43)17-12-25-38(23-10-11-24-38)41-36(44)35(40-37(45)48-3)34(29-13-6-4-7-14-29)30-15-8-5-9-16-30/h4-9,13-16,18-21,28,32,34-35,43H,10-12,17,22-27,39H2,1-3H3,(H,40,45)(H,41,44)/t32-,35-/m0/s1. The van der Waals surface area contributed by atoms with Gasteiger partial charge in [-0.2, -0.15) is 4.31 Å². The fourth-order valence-corrected chi connectivity index (χ4v) is 8.54. The number of carbonyl (C=O) groups is 2. The van der Waals surface area contributed by atoms with Gasteiger partial charge in [-0.3, -0.25) is 4.79 Å². The molecule has 0 aliphatic heterocycles. The van der Waals surface area contributed by atoms with Crippen LogP contribution in [0, 0.1) is 5.92 Å². The van der Waals surface area contributed by atoms with Gasteiger partial charge >= 0.3 is 6.09 Å². The van der Waals surface area contributed by atoms with Gasteiger partial charge in [0.05, 0.1) is 18.6 Å².